The van der Waals surface area contributed by atoms with E-state index in [1.54, 1.807) is 0 Å². The van der Waals surface area contributed by atoms with Gasteiger partial charge in [-0.25, -0.2) is 4.39 Å². The van der Waals surface area contributed by atoms with Crippen molar-refractivity contribution in [3.63, 3.8) is 0 Å². The lowest BCUT2D eigenvalue weighted by Crippen LogP contribution is -2.42. The van der Waals surface area contributed by atoms with Gasteiger partial charge in [-0.2, -0.15) is 13.2 Å². The Labute approximate surface area is 96.1 Å². The average Bonchev–Trinajstić information content (AvgIpc) is 2.15. The molecule has 0 fully saturated rings. The molecule has 1 atom stereocenters. The Balaban J connectivity index is 2.98. The quantitative estimate of drug-likeness (QED) is 0.808. The molecule has 0 saturated heterocycles. The molecule has 1 rings (SSSR count). The maximum absolute atomic E-state index is 13.2. The average molecular weight is 251 g/mol. The highest BCUT2D eigenvalue weighted by molar-refractivity contribution is 5.27. The van der Waals surface area contributed by atoms with Gasteiger partial charge in [0, 0.05) is 5.54 Å². The van der Waals surface area contributed by atoms with Crippen LogP contribution < -0.4 is 5.73 Å². The number of halogens is 4. The first kappa shape index (κ1) is 13.9. The molecule has 0 heterocycles. The molecule has 1 aromatic carbocycles. The van der Waals surface area contributed by atoms with Gasteiger partial charge in [0.1, 0.15) is 5.82 Å². The fourth-order valence-electron chi connectivity index (χ4n) is 1.42. The van der Waals surface area contributed by atoms with Gasteiger partial charge in [0.15, 0.2) is 0 Å². The van der Waals surface area contributed by atoms with Crippen LogP contribution in [0.1, 0.15) is 18.1 Å². The molecule has 1 unspecified atom stereocenters. The minimum Gasteiger partial charge on any atom is -0.394 e. The van der Waals surface area contributed by atoms with E-state index in [0.717, 1.165) is 12.1 Å². The van der Waals surface area contributed by atoms with Crippen molar-refractivity contribution in [1.82, 2.24) is 0 Å². The molecule has 0 bridgehead atoms. The van der Waals surface area contributed by atoms with Gasteiger partial charge in [-0.1, -0.05) is 6.07 Å². The third-order valence-corrected chi connectivity index (χ3v) is 2.31. The first-order valence-corrected chi connectivity index (χ1v) is 4.91. The van der Waals surface area contributed by atoms with Crippen LogP contribution in [0.15, 0.2) is 18.2 Å². The Hall–Kier alpha value is -1.14. The molecule has 0 aliphatic heterocycles. The maximum Gasteiger partial charge on any atom is 0.419 e. The lowest BCUT2D eigenvalue weighted by molar-refractivity contribution is -0.140. The smallest absolute Gasteiger partial charge is 0.394 e. The van der Waals surface area contributed by atoms with E-state index < -0.39 is 23.1 Å². The predicted octanol–water partition coefficient (Wildman–Crippen LogP) is 2.10. The van der Waals surface area contributed by atoms with E-state index in [-0.39, 0.29) is 13.0 Å². The third kappa shape index (κ3) is 3.67. The van der Waals surface area contributed by atoms with Crippen molar-refractivity contribution in [1.29, 1.82) is 0 Å². The van der Waals surface area contributed by atoms with Crippen molar-refractivity contribution in [2.24, 2.45) is 5.73 Å². The number of rotatable bonds is 3. The van der Waals surface area contributed by atoms with Gasteiger partial charge in [-0.3, -0.25) is 0 Å². The molecule has 6 heteroatoms. The summed E-state index contributed by atoms with van der Waals surface area (Å²) >= 11 is 0. The Morgan fingerprint density at radius 1 is 1.29 bits per heavy atom. The van der Waals surface area contributed by atoms with Crippen LogP contribution in [0.2, 0.25) is 0 Å². The zero-order valence-electron chi connectivity index (χ0n) is 9.18. The molecule has 96 valence electrons. The SMILES string of the molecule is CC(N)(CO)Cc1ccc(C(F)(F)F)c(F)c1. The summed E-state index contributed by atoms with van der Waals surface area (Å²) in [6, 6.07) is 2.63. The number of alkyl halides is 3. The van der Waals surface area contributed by atoms with E-state index in [1.807, 2.05) is 0 Å². The standard InChI is InChI=1S/C11H13F4NO/c1-10(16,6-17)5-7-2-3-8(9(12)4-7)11(13,14)15/h2-4,17H,5-6,16H2,1H3. The predicted molar refractivity (Wildman–Crippen MR) is 54.8 cm³/mol. The Morgan fingerprint density at radius 3 is 2.29 bits per heavy atom. The van der Waals surface area contributed by atoms with Crippen molar-refractivity contribution in [2.45, 2.75) is 25.1 Å². The number of hydrogen-bond donors (Lipinski definition) is 2. The van der Waals surface area contributed by atoms with Gasteiger partial charge in [-0.05, 0) is 31.0 Å². The second kappa shape index (κ2) is 4.62. The summed E-state index contributed by atoms with van der Waals surface area (Å²) in [4.78, 5) is 0. The highest BCUT2D eigenvalue weighted by Gasteiger charge is 2.34. The summed E-state index contributed by atoms with van der Waals surface area (Å²) in [6.07, 6.45) is -4.61. The van der Waals surface area contributed by atoms with Crippen molar-refractivity contribution in [2.75, 3.05) is 6.61 Å². The minimum atomic E-state index is -4.70. The normalized spacial score (nSPS) is 15.7. The van der Waals surface area contributed by atoms with Crippen LogP contribution in [0.25, 0.3) is 0 Å². The zero-order chi connectivity index (χ0) is 13.3. The van der Waals surface area contributed by atoms with Crippen molar-refractivity contribution >= 4 is 0 Å². The van der Waals surface area contributed by atoms with E-state index in [1.165, 1.54) is 6.92 Å². The molecule has 1 aromatic rings. The van der Waals surface area contributed by atoms with Gasteiger partial charge < -0.3 is 10.8 Å². The fraction of sp³-hybridized carbons (Fsp3) is 0.455. The molecule has 3 N–H and O–H groups in total. The molecular weight excluding hydrogens is 238 g/mol. The third-order valence-electron chi connectivity index (χ3n) is 2.31. The van der Waals surface area contributed by atoms with E-state index >= 15 is 0 Å². The fourth-order valence-corrected chi connectivity index (χ4v) is 1.42. The van der Waals surface area contributed by atoms with Crippen LogP contribution in [0.5, 0.6) is 0 Å². The maximum atomic E-state index is 13.2. The Bertz CT molecular complexity index is 401. The monoisotopic (exact) mass is 251 g/mol. The molecule has 0 amide bonds. The summed E-state index contributed by atoms with van der Waals surface area (Å²) < 4.78 is 50.0. The number of nitrogens with two attached hydrogens (primary N) is 1. The van der Waals surface area contributed by atoms with Crippen LogP contribution in [-0.4, -0.2) is 17.3 Å². The number of benzene rings is 1. The topological polar surface area (TPSA) is 46.2 Å². The van der Waals surface area contributed by atoms with Gasteiger partial charge in [0.05, 0.1) is 12.2 Å². The minimum absolute atomic E-state index is 0.0958. The number of aliphatic hydroxyl groups is 1. The molecule has 0 aliphatic carbocycles. The first-order chi connectivity index (χ1) is 7.65. The molecule has 0 saturated carbocycles. The van der Waals surface area contributed by atoms with Crippen LogP contribution in [0.4, 0.5) is 17.6 Å². The Morgan fingerprint density at radius 2 is 1.88 bits per heavy atom. The lowest BCUT2D eigenvalue weighted by Gasteiger charge is -2.21. The van der Waals surface area contributed by atoms with E-state index in [2.05, 4.69) is 0 Å². The summed E-state index contributed by atoms with van der Waals surface area (Å²) in [6.45, 7) is 1.19. The molecule has 2 nitrogen and oxygen atoms in total. The second-order valence-electron chi connectivity index (χ2n) is 4.30. The number of hydrogen-bond acceptors (Lipinski definition) is 2. The van der Waals surface area contributed by atoms with Crippen LogP contribution in [0, 0.1) is 5.82 Å². The van der Waals surface area contributed by atoms with Crippen molar-refractivity contribution < 1.29 is 22.7 Å². The van der Waals surface area contributed by atoms with Gasteiger partial charge >= 0.3 is 6.18 Å². The molecule has 0 aromatic heterocycles. The van der Waals surface area contributed by atoms with Crippen molar-refractivity contribution in [3.05, 3.63) is 35.1 Å². The van der Waals surface area contributed by atoms with Gasteiger partial charge in [-0.15, -0.1) is 0 Å². The second-order valence-corrected chi connectivity index (χ2v) is 4.30. The van der Waals surface area contributed by atoms with Gasteiger partial charge in [0.2, 0.25) is 0 Å². The lowest BCUT2D eigenvalue weighted by atomic mass is 9.94. The summed E-state index contributed by atoms with van der Waals surface area (Å²) in [5.74, 6) is -1.33. The largest absolute Gasteiger partial charge is 0.419 e. The molecule has 0 radical (unpaired) electrons. The highest BCUT2D eigenvalue weighted by Crippen LogP contribution is 2.31. The Kier molecular flexibility index (Phi) is 3.78. The first-order valence-electron chi connectivity index (χ1n) is 4.91. The molecule has 17 heavy (non-hydrogen) atoms. The summed E-state index contributed by atoms with van der Waals surface area (Å²) in [5, 5.41) is 8.91. The molecule has 0 aliphatic rings. The number of aliphatic hydroxyl groups excluding tert-OH is 1. The van der Waals surface area contributed by atoms with Crippen molar-refractivity contribution in [3.8, 4) is 0 Å². The van der Waals surface area contributed by atoms with Crippen LogP contribution >= 0.6 is 0 Å². The molecule has 0 spiro atoms. The zero-order valence-corrected chi connectivity index (χ0v) is 9.18. The van der Waals surface area contributed by atoms with E-state index in [9.17, 15) is 17.6 Å². The van der Waals surface area contributed by atoms with E-state index in [0.29, 0.717) is 11.6 Å². The van der Waals surface area contributed by atoms with E-state index in [4.69, 9.17) is 10.8 Å². The summed E-state index contributed by atoms with van der Waals surface area (Å²) in [5.41, 5.74) is 3.66. The molecular formula is C11H13F4NO. The summed E-state index contributed by atoms with van der Waals surface area (Å²) in [7, 11) is 0. The van der Waals surface area contributed by atoms with Gasteiger partial charge in [0.25, 0.3) is 0 Å². The highest BCUT2D eigenvalue weighted by atomic mass is 19.4. The van der Waals surface area contributed by atoms with Crippen LogP contribution in [0.3, 0.4) is 0 Å². The van der Waals surface area contributed by atoms with Crippen LogP contribution in [-0.2, 0) is 12.6 Å².